The Morgan fingerprint density at radius 3 is 2.16 bits per heavy atom. The first-order valence-electron chi connectivity index (χ1n) is 10.5. The lowest BCUT2D eigenvalue weighted by Gasteiger charge is -2.28. The number of carbonyl (C=O) groups is 2. The molecule has 0 aliphatic heterocycles. The maximum Gasteiger partial charge on any atom is 0.408 e. The molecular formula is C25H31F2NO4. The van der Waals surface area contributed by atoms with Gasteiger partial charge in [-0.2, -0.15) is 0 Å². The number of alkyl carbamates (subject to hydrolysis) is 1. The van der Waals surface area contributed by atoms with E-state index in [0.29, 0.717) is 16.7 Å². The van der Waals surface area contributed by atoms with Crippen LogP contribution in [-0.2, 0) is 14.3 Å². The first-order chi connectivity index (χ1) is 14.8. The molecule has 174 valence electrons. The van der Waals surface area contributed by atoms with Crippen LogP contribution in [0.2, 0.25) is 0 Å². The number of nitrogens with one attached hydrogen (secondary N) is 1. The van der Waals surface area contributed by atoms with Gasteiger partial charge in [0.15, 0.2) is 0 Å². The highest BCUT2D eigenvalue weighted by atomic mass is 19.1. The minimum absolute atomic E-state index is 0.332. The molecule has 2 aromatic carbocycles. The third kappa shape index (κ3) is 6.77. The summed E-state index contributed by atoms with van der Waals surface area (Å²) >= 11 is 0. The average molecular weight is 448 g/mol. The SMILES string of the molecule is Cc1ccc([C@@H](c2ccc(F)cc2C)[C@H](C)OC(=O)[C@H](C)NC(=O)OC(C)(C)C)c(F)c1. The van der Waals surface area contributed by atoms with Gasteiger partial charge >= 0.3 is 12.1 Å². The number of carbonyl (C=O) groups excluding carboxylic acids is 2. The van der Waals surface area contributed by atoms with Crippen molar-refractivity contribution in [3.63, 3.8) is 0 Å². The van der Waals surface area contributed by atoms with Crippen LogP contribution in [0.4, 0.5) is 13.6 Å². The molecule has 0 aliphatic carbocycles. The number of rotatable bonds is 6. The minimum atomic E-state index is -0.981. The number of hydrogen-bond acceptors (Lipinski definition) is 4. The van der Waals surface area contributed by atoms with Crippen molar-refractivity contribution in [2.45, 2.75) is 72.1 Å². The van der Waals surface area contributed by atoms with E-state index in [-0.39, 0.29) is 0 Å². The van der Waals surface area contributed by atoms with E-state index in [4.69, 9.17) is 9.47 Å². The molecule has 0 radical (unpaired) electrons. The summed E-state index contributed by atoms with van der Waals surface area (Å²) in [5, 5.41) is 2.44. The van der Waals surface area contributed by atoms with Crippen LogP contribution in [0.5, 0.6) is 0 Å². The predicted molar refractivity (Wildman–Crippen MR) is 119 cm³/mol. The van der Waals surface area contributed by atoms with Gasteiger partial charge in [-0.15, -0.1) is 0 Å². The molecule has 2 rings (SSSR count). The van der Waals surface area contributed by atoms with E-state index in [1.165, 1.54) is 25.1 Å². The molecule has 0 aromatic heterocycles. The minimum Gasteiger partial charge on any atom is -0.460 e. The second-order valence-corrected chi connectivity index (χ2v) is 9.01. The van der Waals surface area contributed by atoms with Crippen LogP contribution >= 0.6 is 0 Å². The highest BCUT2D eigenvalue weighted by molar-refractivity contribution is 5.81. The van der Waals surface area contributed by atoms with Gasteiger partial charge in [0, 0.05) is 5.92 Å². The van der Waals surface area contributed by atoms with Crippen molar-refractivity contribution in [1.82, 2.24) is 5.32 Å². The molecule has 7 heteroatoms. The summed E-state index contributed by atoms with van der Waals surface area (Å²) in [6.07, 6.45) is -1.54. The molecule has 0 fully saturated rings. The van der Waals surface area contributed by atoms with Crippen LogP contribution in [0, 0.1) is 25.5 Å². The molecule has 5 nitrogen and oxygen atoms in total. The third-order valence-corrected chi connectivity index (χ3v) is 4.92. The van der Waals surface area contributed by atoms with Gasteiger partial charge < -0.3 is 14.8 Å². The van der Waals surface area contributed by atoms with E-state index in [1.807, 2.05) is 0 Å². The van der Waals surface area contributed by atoms with E-state index in [1.54, 1.807) is 59.7 Å². The van der Waals surface area contributed by atoms with Gasteiger partial charge in [0.25, 0.3) is 0 Å². The molecule has 3 atom stereocenters. The molecule has 0 spiro atoms. The van der Waals surface area contributed by atoms with Crippen LogP contribution in [0.15, 0.2) is 36.4 Å². The highest BCUT2D eigenvalue weighted by Gasteiger charge is 2.30. The van der Waals surface area contributed by atoms with Crippen molar-refractivity contribution in [3.8, 4) is 0 Å². The maximum atomic E-state index is 14.9. The van der Waals surface area contributed by atoms with Crippen LogP contribution < -0.4 is 5.32 Å². The van der Waals surface area contributed by atoms with E-state index in [9.17, 15) is 18.4 Å². The topological polar surface area (TPSA) is 64.6 Å². The molecule has 0 heterocycles. The number of hydrogen-bond donors (Lipinski definition) is 1. The number of benzene rings is 2. The molecule has 2 aromatic rings. The van der Waals surface area contributed by atoms with Gasteiger partial charge in [0.05, 0.1) is 0 Å². The standard InChI is InChI=1S/C25H31F2NO4/c1-14-8-10-20(21(27)12-14)22(19-11-9-18(26)13-15(19)2)17(4)31-23(29)16(3)28-24(30)32-25(5,6)7/h8-13,16-17,22H,1-7H3,(H,28,30)/t16-,17-,22+/m0/s1. The van der Waals surface area contributed by atoms with Crippen molar-refractivity contribution in [3.05, 3.63) is 70.3 Å². The number of halogens is 2. The first kappa shape index (κ1) is 25.3. The Morgan fingerprint density at radius 1 is 0.969 bits per heavy atom. The number of ether oxygens (including phenoxy) is 2. The van der Waals surface area contributed by atoms with Gasteiger partial charge in [-0.05, 0) is 88.9 Å². The van der Waals surface area contributed by atoms with E-state index < -0.39 is 47.4 Å². The lowest BCUT2D eigenvalue weighted by Crippen LogP contribution is -2.43. The molecule has 1 amide bonds. The van der Waals surface area contributed by atoms with Crippen molar-refractivity contribution >= 4 is 12.1 Å². The zero-order valence-electron chi connectivity index (χ0n) is 19.6. The quantitative estimate of drug-likeness (QED) is 0.589. The van der Waals surface area contributed by atoms with Crippen molar-refractivity contribution < 1.29 is 27.8 Å². The Labute approximate surface area is 188 Å². The summed E-state index contributed by atoms with van der Waals surface area (Å²) < 4.78 is 39.4. The lowest BCUT2D eigenvalue weighted by molar-refractivity contribution is -0.151. The van der Waals surface area contributed by atoms with Crippen molar-refractivity contribution in [1.29, 1.82) is 0 Å². The molecule has 32 heavy (non-hydrogen) atoms. The van der Waals surface area contributed by atoms with Gasteiger partial charge in [-0.1, -0.05) is 18.2 Å². The monoisotopic (exact) mass is 447 g/mol. The fourth-order valence-corrected chi connectivity index (χ4v) is 3.44. The molecule has 0 saturated heterocycles. The molecule has 1 N–H and O–H groups in total. The number of amides is 1. The fraction of sp³-hybridized carbons (Fsp3) is 0.440. The maximum absolute atomic E-state index is 14.9. The van der Waals surface area contributed by atoms with Gasteiger partial charge in [-0.25, -0.2) is 18.4 Å². The number of esters is 1. The van der Waals surface area contributed by atoms with Gasteiger partial charge in [0.2, 0.25) is 0 Å². The largest absolute Gasteiger partial charge is 0.460 e. The molecule has 0 unspecified atom stereocenters. The Balaban J connectivity index is 2.29. The Hall–Kier alpha value is -2.96. The smallest absolute Gasteiger partial charge is 0.408 e. The third-order valence-electron chi connectivity index (χ3n) is 4.92. The summed E-state index contributed by atoms with van der Waals surface area (Å²) in [5.74, 6) is -2.22. The number of aryl methyl sites for hydroxylation is 2. The van der Waals surface area contributed by atoms with Crippen molar-refractivity contribution in [2.24, 2.45) is 0 Å². The highest BCUT2D eigenvalue weighted by Crippen LogP contribution is 2.34. The summed E-state index contributed by atoms with van der Waals surface area (Å²) in [5.41, 5.74) is 1.62. The van der Waals surface area contributed by atoms with Crippen LogP contribution in [0.25, 0.3) is 0 Å². The zero-order chi connectivity index (χ0) is 24.2. The summed E-state index contributed by atoms with van der Waals surface area (Å²) in [6, 6.07) is 8.06. The van der Waals surface area contributed by atoms with Gasteiger partial charge in [0.1, 0.15) is 29.4 Å². The van der Waals surface area contributed by atoms with Crippen LogP contribution in [-0.4, -0.2) is 29.8 Å². The molecule has 0 saturated carbocycles. The summed E-state index contributed by atoms with van der Waals surface area (Å²) in [7, 11) is 0. The second kappa shape index (κ2) is 10.1. The molecule has 0 aliphatic rings. The first-order valence-corrected chi connectivity index (χ1v) is 10.5. The Bertz CT molecular complexity index is 933. The predicted octanol–water partition coefficient (Wildman–Crippen LogP) is 5.56. The fourth-order valence-electron chi connectivity index (χ4n) is 3.44. The molecular weight excluding hydrogens is 416 g/mol. The summed E-state index contributed by atoms with van der Waals surface area (Å²) in [6.45, 7) is 11.8. The Morgan fingerprint density at radius 2 is 1.59 bits per heavy atom. The summed E-state index contributed by atoms with van der Waals surface area (Å²) in [4.78, 5) is 24.6. The average Bonchev–Trinajstić information content (AvgIpc) is 2.63. The van der Waals surface area contributed by atoms with Crippen LogP contribution in [0.1, 0.15) is 62.8 Å². The lowest BCUT2D eigenvalue weighted by atomic mass is 9.84. The Kier molecular flexibility index (Phi) is 7.99. The normalized spacial score (nSPS) is 14.3. The van der Waals surface area contributed by atoms with E-state index in [2.05, 4.69) is 5.32 Å². The molecule has 0 bridgehead atoms. The van der Waals surface area contributed by atoms with E-state index >= 15 is 0 Å². The van der Waals surface area contributed by atoms with E-state index in [0.717, 1.165) is 5.56 Å². The van der Waals surface area contributed by atoms with Crippen molar-refractivity contribution in [2.75, 3.05) is 0 Å². The second-order valence-electron chi connectivity index (χ2n) is 9.01. The zero-order valence-corrected chi connectivity index (χ0v) is 19.6. The van der Waals surface area contributed by atoms with Gasteiger partial charge in [-0.3, -0.25) is 0 Å². The van der Waals surface area contributed by atoms with Crippen LogP contribution in [0.3, 0.4) is 0 Å².